The quantitative estimate of drug-likeness (QED) is 0.484. The van der Waals surface area contributed by atoms with Crippen molar-refractivity contribution in [1.82, 2.24) is 9.80 Å². The molecule has 2 aromatic carbocycles. The van der Waals surface area contributed by atoms with Gasteiger partial charge in [0.1, 0.15) is 12.2 Å². The molecule has 1 aliphatic carbocycles. The van der Waals surface area contributed by atoms with Crippen LogP contribution < -0.4 is 4.74 Å². The Hall–Kier alpha value is -2.60. The zero-order chi connectivity index (χ0) is 25.3. The van der Waals surface area contributed by atoms with E-state index < -0.39 is 5.60 Å². The SMILES string of the molecule is CC(C)(C)OC(=O)N1CC2(CC[C@@H](N3CCC(c4cccc(F)c4OCc4ccccc4)CC3)C2)C1. The van der Waals surface area contributed by atoms with Gasteiger partial charge in [-0.3, -0.25) is 0 Å². The molecule has 0 unspecified atom stereocenters. The first kappa shape index (κ1) is 25.1. The fourth-order valence-electron chi connectivity index (χ4n) is 6.30. The Balaban J connectivity index is 1.14. The standard InChI is InChI=1S/C30H39FN2O3/c1-29(2,3)36-28(34)33-20-30(21-33)15-12-24(18-30)32-16-13-23(14-17-32)25-10-7-11-26(31)27(25)35-19-22-8-5-4-6-9-22/h4-11,23-24H,12-21H2,1-3H3/t24-/m1/s1. The lowest BCUT2D eigenvalue weighted by Gasteiger charge is -2.48. The van der Waals surface area contributed by atoms with Gasteiger partial charge in [-0.1, -0.05) is 42.5 Å². The number of para-hydroxylation sites is 1. The lowest BCUT2D eigenvalue weighted by molar-refractivity contribution is -0.0347. The number of nitrogens with zero attached hydrogens (tertiary/aromatic N) is 2. The number of piperidine rings is 1. The highest BCUT2D eigenvalue weighted by Gasteiger charge is 2.51. The molecule has 2 aliphatic heterocycles. The third-order valence-electron chi connectivity index (χ3n) is 8.09. The smallest absolute Gasteiger partial charge is 0.410 e. The number of rotatable bonds is 5. The number of ether oxygens (including phenoxy) is 2. The highest BCUT2D eigenvalue weighted by atomic mass is 19.1. The van der Waals surface area contributed by atoms with Crippen LogP contribution in [-0.4, -0.2) is 53.7 Å². The lowest BCUT2D eigenvalue weighted by atomic mass is 9.78. The molecule has 5 nitrogen and oxygen atoms in total. The second kappa shape index (κ2) is 10.0. The van der Waals surface area contributed by atoms with Crippen LogP contribution >= 0.6 is 0 Å². The van der Waals surface area contributed by atoms with E-state index >= 15 is 0 Å². The van der Waals surface area contributed by atoms with Gasteiger partial charge in [0.05, 0.1) is 0 Å². The first-order valence-electron chi connectivity index (χ1n) is 13.4. The number of carbonyl (C=O) groups excluding carboxylic acids is 1. The van der Waals surface area contributed by atoms with Gasteiger partial charge in [-0.15, -0.1) is 0 Å². The molecular weight excluding hydrogens is 455 g/mol. The molecule has 0 N–H and O–H groups in total. The van der Waals surface area contributed by atoms with Crippen LogP contribution in [-0.2, 0) is 11.3 Å². The summed E-state index contributed by atoms with van der Waals surface area (Å²) in [4.78, 5) is 16.9. The average Bonchev–Trinajstić information content (AvgIpc) is 3.28. The molecule has 1 amide bonds. The van der Waals surface area contributed by atoms with Gasteiger partial charge in [0.25, 0.3) is 0 Å². The molecule has 3 aliphatic rings. The minimum atomic E-state index is -0.448. The van der Waals surface area contributed by atoms with Crippen LogP contribution in [0.3, 0.4) is 0 Å². The molecule has 2 aromatic rings. The number of hydrogen-bond acceptors (Lipinski definition) is 4. The molecule has 0 bridgehead atoms. The first-order chi connectivity index (χ1) is 17.2. The van der Waals surface area contributed by atoms with Crippen molar-refractivity contribution in [1.29, 1.82) is 0 Å². The monoisotopic (exact) mass is 494 g/mol. The van der Waals surface area contributed by atoms with Gasteiger partial charge in [-0.2, -0.15) is 0 Å². The van der Waals surface area contributed by atoms with Crippen molar-refractivity contribution in [3.8, 4) is 5.75 Å². The van der Waals surface area contributed by atoms with Crippen LogP contribution in [0.1, 0.15) is 69.9 Å². The molecule has 2 heterocycles. The summed E-state index contributed by atoms with van der Waals surface area (Å²) in [7, 11) is 0. The van der Waals surface area contributed by atoms with Crippen molar-refractivity contribution in [2.45, 2.75) is 77.0 Å². The molecule has 0 aromatic heterocycles. The molecule has 194 valence electrons. The predicted molar refractivity (Wildman–Crippen MR) is 139 cm³/mol. The molecule has 5 rings (SSSR count). The predicted octanol–water partition coefficient (Wildman–Crippen LogP) is 6.37. The van der Waals surface area contributed by atoms with Gasteiger partial charge in [0.2, 0.25) is 0 Å². The molecule has 1 spiro atoms. The van der Waals surface area contributed by atoms with Gasteiger partial charge >= 0.3 is 6.09 Å². The van der Waals surface area contributed by atoms with E-state index in [-0.39, 0.29) is 17.3 Å². The summed E-state index contributed by atoms with van der Waals surface area (Å²) in [6, 6.07) is 15.8. The lowest BCUT2D eigenvalue weighted by Crippen LogP contribution is -2.58. The highest BCUT2D eigenvalue weighted by molar-refractivity contribution is 5.69. The summed E-state index contributed by atoms with van der Waals surface area (Å²) in [5, 5.41) is 0. The summed E-state index contributed by atoms with van der Waals surface area (Å²) in [6.45, 7) is 9.80. The number of carbonyl (C=O) groups is 1. The van der Waals surface area contributed by atoms with Crippen molar-refractivity contribution in [2.24, 2.45) is 5.41 Å². The van der Waals surface area contributed by atoms with E-state index in [1.165, 1.54) is 18.9 Å². The van der Waals surface area contributed by atoms with Crippen LogP contribution in [0, 0.1) is 11.2 Å². The molecule has 2 saturated heterocycles. The fraction of sp³-hybridized carbons (Fsp3) is 0.567. The van der Waals surface area contributed by atoms with Crippen LogP contribution in [0.5, 0.6) is 5.75 Å². The van der Waals surface area contributed by atoms with Crippen LogP contribution in [0.25, 0.3) is 0 Å². The number of hydrogen-bond donors (Lipinski definition) is 0. The Morgan fingerprint density at radius 1 is 1.03 bits per heavy atom. The Labute approximate surface area is 214 Å². The first-order valence-corrected chi connectivity index (χ1v) is 13.4. The van der Waals surface area contributed by atoms with E-state index in [0.717, 1.165) is 56.6 Å². The molecule has 0 radical (unpaired) electrons. The summed E-state index contributed by atoms with van der Waals surface area (Å²) < 4.78 is 26.3. The summed E-state index contributed by atoms with van der Waals surface area (Å²) in [6.07, 6.45) is 5.37. The van der Waals surface area contributed by atoms with E-state index in [1.54, 1.807) is 6.07 Å². The Bertz CT molecular complexity index is 1050. The molecule has 1 saturated carbocycles. The van der Waals surface area contributed by atoms with Crippen molar-refractivity contribution in [2.75, 3.05) is 26.2 Å². The number of likely N-dealkylation sites (tertiary alicyclic amines) is 2. The second-order valence-corrected chi connectivity index (χ2v) is 12.0. The largest absolute Gasteiger partial charge is 0.486 e. The maximum absolute atomic E-state index is 14.8. The van der Waals surface area contributed by atoms with Crippen molar-refractivity contribution in [3.63, 3.8) is 0 Å². The van der Waals surface area contributed by atoms with Crippen molar-refractivity contribution < 1.29 is 18.7 Å². The highest BCUT2D eigenvalue weighted by Crippen LogP contribution is 2.48. The third-order valence-corrected chi connectivity index (χ3v) is 8.09. The van der Waals surface area contributed by atoms with E-state index in [1.807, 2.05) is 62.1 Å². The summed E-state index contributed by atoms with van der Waals surface area (Å²) >= 11 is 0. The zero-order valence-electron chi connectivity index (χ0n) is 21.8. The molecule has 6 heteroatoms. The molecule has 1 atom stereocenters. The number of benzene rings is 2. The topological polar surface area (TPSA) is 42.0 Å². The summed E-state index contributed by atoms with van der Waals surface area (Å²) in [5.41, 5.74) is 1.86. The molecular formula is C30H39FN2O3. The molecule has 36 heavy (non-hydrogen) atoms. The number of halogens is 1. The third kappa shape index (κ3) is 5.54. The summed E-state index contributed by atoms with van der Waals surface area (Å²) in [5.74, 6) is 0.448. The number of amides is 1. The van der Waals surface area contributed by atoms with E-state index in [9.17, 15) is 9.18 Å². The average molecular weight is 495 g/mol. The van der Waals surface area contributed by atoms with Gasteiger partial charge < -0.3 is 19.3 Å². The minimum Gasteiger partial charge on any atom is -0.486 e. The van der Waals surface area contributed by atoms with Gasteiger partial charge in [0.15, 0.2) is 11.6 Å². The fourth-order valence-corrected chi connectivity index (χ4v) is 6.30. The maximum atomic E-state index is 14.8. The van der Waals surface area contributed by atoms with Crippen LogP contribution in [0.15, 0.2) is 48.5 Å². The molecule has 3 fully saturated rings. The Morgan fingerprint density at radius 2 is 1.75 bits per heavy atom. The van der Waals surface area contributed by atoms with Crippen molar-refractivity contribution >= 4 is 6.09 Å². The van der Waals surface area contributed by atoms with E-state index in [4.69, 9.17) is 9.47 Å². The zero-order valence-corrected chi connectivity index (χ0v) is 21.8. The minimum absolute atomic E-state index is 0.183. The van der Waals surface area contributed by atoms with Gasteiger partial charge in [-0.05, 0) is 83.5 Å². The van der Waals surface area contributed by atoms with E-state index in [0.29, 0.717) is 24.3 Å². The second-order valence-electron chi connectivity index (χ2n) is 12.0. The van der Waals surface area contributed by atoms with Gasteiger partial charge in [-0.25, -0.2) is 9.18 Å². The van der Waals surface area contributed by atoms with E-state index in [2.05, 4.69) is 4.90 Å². The van der Waals surface area contributed by atoms with Crippen molar-refractivity contribution in [3.05, 3.63) is 65.5 Å². The Morgan fingerprint density at radius 3 is 2.44 bits per heavy atom. The maximum Gasteiger partial charge on any atom is 0.410 e. The normalized spacial score (nSPS) is 22.4. The van der Waals surface area contributed by atoms with Crippen LogP contribution in [0.4, 0.5) is 9.18 Å². The Kier molecular flexibility index (Phi) is 6.99. The van der Waals surface area contributed by atoms with Crippen LogP contribution in [0.2, 0.25) is 0 Å². The van der Waals surface area contributed by atoms with Gasteiger partial charge in [0, 0.05) is 30.1 Å².